The molecule has 21 heavy (non-hydrogen) atoms. The molecule has 1 aliphatic rings. The Labute approximate surface area is 118 Å². The second-order valence-electron chi connectivity index (χ2n) is 4.53. The molecule has 0 aliphatic carbocycles. The zero-order valence-corrected chi connectivity index (χ0v) is 11.4. The Morgan fingerprint density at radius 3 is 2.38 bits per heavy atom. The van der Waals surface area contributed by atoms with Gasteiger partial charge < -0.3 is 15.3 Å². The number of nitrogens with zero attached hydrogens (tertiary/aromatic N) is 3. The number of carboxylic acid groups (broad SMARTS) is 1. The minimum Gasteiger partial charge on any atom is -0.475 e. The number of likely N-dealkylation sites (N-methyl/N-ethyl adjacent to an activating group) is 1. The quantitative estimate of drug-likeness (QED) is 0.839. The van der Waals surface area contributed by atoms with E-state index in [-0.39, 0.29) is 11.9 Å². The first kappa shape index (κ1) is 16.8. The first-order valence-electron chi connectivity index (χ1n) is 5.89. The highest BCUT2D eigenvalue weighted by molar-refractivity contribution is 5.79. The number of hydrogen-bond acceptors (Lipinski definition) is 4. The number of amides is 1. The van der Waals surface area contributed by atoms with Crippen molar-refractivity contribution in [3.8, 4) is 0 Å². The van der Waals surface area contributed by atoms with Crippen molar-refractivity contribution >= 4 is 17.6 Å². The van der Waals surface area contributed by atoms with E-state index >= 15 is 0 Å². The van der Waals surface area contributed by atoms with Crippen molar-refractivity contribution in [3.05, 3.63) is 12.4 Å². The molecular weight excluding hydrogens is 293 g/mol. The molecule has 0 spiro atoms. The van der Waals surface area contributed by atoms with E-state index in [1.54, 1.807) is 15.8 Å². The predicted molar refractivity (Wildman–Crippen MR) is 66.6 cm³/mol. The summed E-state index contributed by atoms with van der Waals surface area (Å²) >= 11 is 0. The van der Waals surface area contributed by atoms with E-state index in [9.17, 15) is 18.0 Å². The van der Waals surface area contributed by atoms with Gasteiger partial charge in [0.2, 0.25) is 5.91 Å². The van der Waals surface area contributed by atoms with E-state index in [0.717, 1.165) is 12.2 Å². The van der Waals surface area contributed by atoms with Gasteiger partial charge in [-0.2, -0.15) is 18.3 Å². The largest absolute Gasteiger partial charge is 0.490 e. The fourth-order valence-electron chi connectivity index (χ4n) is 1.69. The van der Waals surface area contributed by atoms with Crippen LogP contribution in [0.15, 0.2) is 12.4 Å². The number of aromatic nitrogens is 2. The first-order chi connectivity index (χ1) is 9.59. The van der Waals surface area contributed by atoms with Crippen LogP contribution in [0.25, 0.3) is 0 Å². The number of carbonyl (C=O) groups excluding carboxylic acids is 1. The Bertz CT molecular complexity index is 515. The summed E-state index contributed by atoms with van der Waals surface area (Å²) < 4.78 is 33.5. The van der Waals surface area contributed by atoms with Crippen LogP contribution in [0.3, 0.4) is 0 Å². The smallest absolute Gasteiger partial charge is 0.475 e. The van der Waals surface area contributed by atoms with Gasteiger partial charge in [0.25, 0.3) is 0 Å². The molecule has 1 saturated heterocycles. The summed E-state index contributed by atoms with van der Waals surface area (Å²) in [6.07, 6.45) is -0.836. The minimum atomic E-state index is -5.08. The average Bonchev–Trinajstić information content (AvgIpc) is 2.86. The lowest BCUT2D eigenvalue weighted by Gasteiger charge is -2.11. The molecule has 0 aromatic carbocycles. The Morgan fingerprint density at radius 2 is 2.05 bits per heavy atom. The molecular formula is C11H15F3N4O3. The number of alkyl halides is 3. The summed E-state index contributed by atoms with van der Waals surface area (Å²) in [6.45, 7) is 0.772. The van der Waals surface area contributed by atoms with Crippen LogP contribution in [-0.4, -0.2) is 57.5 Å². The summed E-state index contributed by atoms with van der Waals surface area (Å²) in [5.74, 6) is -2.56. The van der Waals surface area contributed by atoms with Gasteiger partial charge in [0.05, 0.1) is 17.9 Å². The predicted octanol–water partition coefficient (Wildman–Crippen LogP) is 0.696. The van der Waals surface area contributed by atoms with E-state index in [1.807, 2.05) is 20.3 Å². The summed E-state index contributed by atoms with van der Waals surface area (Å²) in [7, 11) is 3.70. The highest BCUT2D eigenvalue weighted by Crippen LogP contribution is 2.14. The summed E-state index contributed by atoms with van der Waals surface area (Å²) in [5, 5.41) is 14.5. The minimum absolute atomic E-state index is 0.200. The van der Waals surface area contributed by atoms with Crippen LogP contribution in [0.5, 0.6) is 0 Å². The molecule has 0 bridgehead atoms. The standard InChI is InChI=1S/C9H14N4O.C2HF3O2/c1-12-5-7(3-9(12)14)11-8-4-10-13(2)6-8;3-2(4,5)1(6)7/h4,6-7,11H,3,5H2,1-2H3;(H,6,7). The molecule has 1 atom stereocenters. The Kier molecular flexibility index (Phi) is 5.17. The molecule has 0 saturated carbocycles. The number of carbonyl (C=O) groups is 2. The highest BCUT2D eigenvalue weighted by Gasteiger charge is 2.38. The number of aryl methyl sites for hydroxylation is 1. The van der Waals surface area contributed by atoms with Crippen LogP contribution in [0.4, 0.5) is 18.9 Å². The van der Waals surface area contributed by atoms with Gasteiger partial charge in [-0.05, 0) is 0 Å². The van der Waals surface area contributed by atoms with E-state index in [2.05, 4.69) is 10.4 Å². The van der Waals surface area contributed by atoms with E-state index in [1.165, 1.54) is 0 Å². The number of rotatable bonds is 2. The summed E-state index contributed by atoms with van der Waals surface area (Å²) in [5.41, 5.74) is 0.973. The lowest BCUT2D eigenvalue weighted by Crippen LogP contribution is -2.24. The van der Waals surface area contributed by atoms with Gasteiger partial charge >= 0.3 is 12.1 Å². The van der Waals surface area contributed by atoms with Crippen molar-refractivity contribution in [1.29, 1.82) is 0 Å². The zero-order valence-electron chi connectivity index (χ0n) is 11.4. The molecule has 10 heteroatoms. The summed E-state index contributed by atoms with van der Waals surface area (Å²) in [6, 6.07) is 0.219. The molecule has 1 aliphatic heterocycles. The number of anilines is 1. The van der Waals surface area contributed by atoms with Gasteiger partial charge in [0.1, 0.15) is 0 Å². The average molecular weight is 308 g/mol. The number of aliphatic carboxylic acids is 1. The second-order valence-corrected chi connectivity index (χ2v) is 4.53. The van der Waals surface area contributed by atoms with Gasteiger partial charge in [-0.1, -0.05) is 0 Å². The van der Waals surface area contributed by atoms with E-state index in [4.69, 9.17) is 9.90 Å². The number of likely N-dealkylation sites (tertiary alicyclic amines) is 1. The van der Waals surface area contributed by atoms with Crippen molar-refractivity contribution in [2.24, 2.45) is 7.05 Å². The third-order valence-corrected chi connectivity index (χ3v) is 2.66. The van der Waals surface area contributed by atoms with Crippen molar-refractivity contribution in [3.63, 3.8) is 0 Å². The van der Waals surface area contributed by atoms with Crippen molar-refractivity contribution in [2.75, 3.05) is 18.9 Å². The molecule has 2 N–H and O–H groups in total. The molecule has 7 nitrogen and oxygen atoms in total. The lowest BCUT2D eigenvalue weighted by molar-refractivity contribution is -0.192. The maximum atomic E-state index is 11.2. The van der Waals surface area contributed by atoms with Gasteiger partial charge in [-0.3, -0.25) is 9.48 Å². The Morgan fingerprint density at radius 1 is 1.48 bits per heavy atom. The zero-order chi connectivity index (χ0) is 16.2. The maximum Gasteiger partial charge on any atom is 0.490 e. The molecule has 1 unspecified atom stereocenters. The van der Waals surface area contributed by atoms with Gasteiger partial charge in [-0.15, -0.1) is 0 Å². The highest BCUT2D eigenvalue weighted by atomic mass is 19.4. The Hall–Kier alpha value is -2.26. The second kappa shape index (κ2) is 6.46. The van der Waals surface area contributed by atoms with Crippen LogP contribution in [0, 0.1) is 0 Å². The fourth-order valence-corrected chi connectivity index (χ4v) is 1.69. The van der Waals surface area contributed by atoms with Crippen molar-refractivity contribution in [1.82, 2.24) is 14.7 Å². The third-order valence-electron chi connectivity index (χ3n) is 2.66. The van der Waals surface area contributed by atoms with Gasteiger partial charge in [-0.25, -0.2) is 4.79 Å². The molecule has 118 valence electrons. The molecule has 1 amide bonds. The molecule has 1 aromatic rings. The normalized spacial score (nSPS) is 18.2. The molecule has 2 heterocycles. The van der Waals surface area contributed by atoms with Crippen LogP contribution < -0.4 is 5.32 Å². The van der Waals surface area contributed by atoms with E-state index < -0.39 is 12.1 Å². The van der Waals surface area contributed by atoms with Crippen molar-refractivity contribution < 1.29 is 27.9 Å². The number of hydrogen-bond donors (Lipinski definition) is 2. The van der Waals surface area contributed by atoms with Crippen molar-refractivity contribution in [2.45, 2.75) is 18.6 Å². The fraction of sp³-hybridized carbons (Fsp3) is 0.545. The monoisotopic (exact) mass is 308 g/mol. The molecule has 1 fully saturated rings. The van der Waals surface area contributed by atoms with Crippen LogP contribution in [0.1, 0.15) is 6.42 Å². The molecule has 1 aromatic heterocycles. The number of nitrogens with one attached hydrogen (secondary N) is 1. The van der Waals surface area contributed by atoms with Gasteiger partial charge in [0.15, 0.2) is 0 Å². The molecule has 0 radical (unpaired) electrons. The lowest BCUT2D eigenvalue weighted by atomic mass is 10.2. The number of carboxylic acids is 1. The van der Waals surface area contributed by atoms with Crippen LogP contribution >= 0.6 is 0 Å². The summed E-state index contributed by atoms with van der Waals surface area (Å²) in [4.78, 5) is 21.9. The third kappa shape index (κ3) is 5.32. The van der Waals surface area contributed by atoms with E-state index in [0.29, 0.717) is 6.42 Å². The SMILES string of the molecule is CN1CC(Nc2cnn(C)c2)CC1=O.O=C(O)C(F)(F)F. The van der Waals surface area contributed by atoms with Crippen LogP contribution in [0.2, 0.25) is 0 Å². The topological polar surface area (TPSA) is 87.5 Å². The van der Waals surface area contributed by atoms with Crippen LogP contribution in [-0.2, 0) is 16.6 Å². The maximum absolute atomic E-state index is 11.2. The van der Waals surface area contributed by atoms with Gasteiger partial charge in [0, 0.05) is 33.3 Å². The molecule has 2 rings (SSSR count). The Balaban J connectivity index is 0.000000270. The first-order valence-corrected chi connectivity index (χ1v) is 5.89. The number of halogens is 3.